The maximum atomic E-state index is 13.7. The van der Waals surface area contributed by atoms with E-state index < -0.39 is 17.7 Å². The lowest BCUT2D eigenvalue weighted by Crippen LogP contribution is -2.43. The second-order valence-electron chi connectivity index (χ2n) is 11.1. The van der Waals surface area contributed by atoms with Gasteiger partial charge in [-0.15, -0.1) is 5.10 Å². The van der Waals surface area contributed by atoms with Gasteiger partial charge in [-0.1, -0.05) is 19.1 Å². The van der Waals surface area contributed by atoms with Gasteiger partial charge in [0, 0.05) is 36.1 Å². The minimum absolute atomic E-state index is 0.0384. The maximum Gasteiger partial charge on any atom is 0.417 e. The molecule has 8 nitrogen and oxygen atoms in total. The molecular formula is C31H34F3N5O3. The molecule has 1 saturated carbocycles. The molecule has 1 amide bonds. The lowest BCUT2D eigenvalue weighted by molar-refractivity contribution is -0.137. The van der Waals surface area contributed by atoms with E-state index in [0.29, 0.717) is 28.5 Å². The number of hydrogen-bond donors (Lipinski definition) is 0. The van der Waals surface area contributed by atoms with Crippen LogP contribution in [0.1, 0.15) is 69.3 Å². The second kappa shape index (κ2) is 11.6. The number of rotatable bonds is 7. The third kappa shape index (κ3) is 5.91. The molecule has 0 atom stereocenters. The van der Waals surface area contributed by atoms with Crippen LogP contribution >= 0.6 is 0 Å². The van der Waals surface area contributed by atoms with Crippen molar-refractivity contribution in [2.45, 2.75) is 65.6 Å². The number of carbonyl (C=O) groups excluding carboxylic acids is 2. The van der Waals surface area contributed by atoms with Crippen molar-refractivity contribution < 1.29 is 27.5 Å². The number of benzene rings is 1. The Hall–Kier alpha value is -4.15. The van der Waals surface area contributed by atoms with Crippen molar-refractivity contribution in [1.29, 1.82) is 0 Å². The number of hydrogen-bond acceptors (Lipinski definition) is 5. The van der Waals surface area contributed by atoms with Gasteiger partial charge in [-0.3, -0.25) is 9.69 Å². The van der Waals surface area contributed by atoms with Crippen molar-refractivity contribution in [3.8, 4) is 16.9 Å². The van der Waals surface area contributed by atoms with Gasteiger partial charge in [0.15, 0.2) is 5.82 Å². The second-order valence-corrected chi connectivity index (χ2v) is 11.1. The van der Waals surface area contributed by atoms with Gasteiger partial charge >= 0.3 is 12.1 Å². The van der Waals surface area contributed by atoms with Crippen LogP contribution in [0.4, 0.5) is 19.0 Å². The molecule has 222 valence electrons. The minimum Gasteiger partial charge on any atom is -0.462 e. The van der Waals surface area contributed by atoms with Crippen molar-refractivity contribution >= 4 is 23.3 Å². The molecule has 0 N–H and O–H groups in total. The molecule has 1 fully saturated rings. The van der Waals surface area contributed by atoms with Gasteiger partial charge in [-0.05, 0) is 76.6 Å². The number of pyridine rings is 1. The number of fused-ring (bicyclic) bond motifs is 1. The van der Waals surface area contributed by atoms with Crippen LogP contribution in [-0.4, -0.2) is 43.7 Å². The van der Waals surface area contributed by atoms with Crippen molar-refractivity contribution in [2.24, 2.45) is 11.8 Å². The van der Waals surface area contributed by atoms with Crippen LogP contribution in [0.2, 0.25) is 0 Å². The van der Waals surface area contributed by atoms with E-state index in [1.165, 1.54) is 15.1 Å². The number of anilines is 1. The molecule has 0 radical (unpaired) electrons. The Bertz CT molecular complexity index is 1580. The minimum atomic E-state index is -4.45. The summed E-state index contributed by atoms with van der Waals surface area (Å²) in [7, 11) is 0. The third-order valence-electron chi connectivity index (χ3n) is 7.74. The molecule has 0 unspecified atom stereocenters. The Balaban J connectivity index is 1.47. The van der Waals surface area contributed by atoms with E-state index in [0.717, 1.165) is 37.9 Å². The Morgan fingerprint density at radius 3 is 2.33 bits per heavy atom. The van der Waals surface area contributed by atoms with Crippen molar-refractivity contribution in [1.82, 2.24) is 19.2 Å². The predicted octanol–water partition coefficient (Wildman–Crippen LogP) is 6.95. The molecule has 1 aliphatic carbocycles. The van der Waals surface area contributed by atoms with E-state index in [9.17, 15) is 22.8 Å². The number of imidazole rings is 1. The average molecular weight is 582 g/mol. The number of esters is 1. The summed E-state index contributed by atoms with van der Waals surface area (Å²) in [4.78, 5) is 32.8. The predicted molar refractivity (Wildman–Crippen MR) is 152 cm³/mol. The molecule has 3 heterocycles. The SMILES string of the molecule is CCOC(=O)c1cn(-c2ccc(-c3cn4cc(C(F)(F)F)ccc4n3)cc2)nc1N(C(=O)[C@H]1CC[C@H](C)CC1)C(C)C. The first-order chi connectivity index (χ1) is 20.0. The summed E-state index contributed by atoms with van der Waals surface area (Å²) >= 11 is 0. The van der Waals surface area contributed by atoms with Gasteiger partial charge in [0.05, 0.1) is 23.6 Å². The number of halogens is 3. The molecule has 1 aliphatic rings. The Kier molecular flexibility index (Phi) is 8.12. The molecule has 42 heavy (non-hydrogen) atoms. The molecule has 0 aliphatic heterocycles. The highest BCUT2D eigenvalue weighted by Gasteiger charge is 2.35. The van der Waals surface area contributed by atoms with Gasteiger partial charge in [-0.2, -0.15) is 13.2 Å². The number of alkyl halides is 3. The lowest BCUT2D eigenvalue weighted by Gasteiger charge is -2.32. The first-order valence-corrected chi connectivity index (χ1v) is 14.2. The van der Waals surface area contributed by atoms with Crippen LogP contribution in [0.15, 0.2) is 55.0 Å². The first-order valence-electron chi connectivity index (χ1n) is 14.2. The fourth-order valence-corrected chi connectivity index (χ4v) is 5.42. The van der Waals surface area contributed by atoms with Crippen molar-refractivity contribution in [3.05, 3.63) is 66.1 Å². The van der Waals surface area contributed by atoms with E-state index in [4.69, 9.17) is 9.84 Å². The van der Waals surface area contributed by atoms with Crippen molar-refractivity contribution in [2.75, 3.05) is 11.5 Å². The Morgan fingerprint density at radius 1 is 1.02 bits per heavy atom. The van der Waals surface area contributed by atoms with Crippen LogP contribution < -0.4 is 4.90 Å². The average Bonchev–Trinajstić information content (AvgIpc) is 3.58. The number of amides is 1. The molecule has 4 aromatic rings. The molecule has 1 aromatic carbocycles. The normalized spacial score (nSPS) is 17.5. The Labute approximate surface area is 242 Å². The zero-order valence-corrected chi connectivity index (χ0v) is 24.1. The summed E-state index contributed by atoms with van der Waals surface area (Å²) in [5, 5.41) is 4.70. The highest BCUT2D eigenvalue weighted by molar-refractivity contribution is 6.02. The van der Waals surface area contributed by atoms with E-state index in [-0.39, 0.29) is 35.9 Å². The van der Waals surface area contributed by atoms with Crippen LogP contribution in [0, 0.1) is 11.8 Å². The van der Waals surface area contributed by atoms with Gasteiger partial charge in [-0.25, -0.2) is 14.5 Å². The molecular weight excluding hydrogens is 547 g/mol. The molecule has 0 bridgehead atoms. The highest BCUT2D eigenvalue weighted by atomic mass is 19.4. The topological polar surface area (TPSA) is 81.7 Å². The van der Waals surface area contributed by atoms with E-state index >= 15 is 0 Å². The lowest BCUT2D eigenvalue weighted by atomic mass is 9.82. The van der Waals surface area contributed by atoms with E-state index in [2.05, 4.69) is 11.9 Å². The summed E-state index contributed by atoms with van der Waals surface area (Å²) in [6.07, 6.45) is 3.27. The first kappa shape index (κ1) is 29.3. The monoisotopic (exact) mass is 581 g/mol. The molecule has 0 saturated heterocycles. The highest BCUT2D eigenvalue weighted by Crippen LogP contribution is 2.34. The molecule has 11 heteroatoms. The van der Waals surface area contributed by atoms with Gasteiger partial charge in [0.25, 0.3) is 0 Å². The fraction of sp³-hybridized carbons (Fsp3) is 0.419. The summed E-state index contributed by atoms with van der Waals surface area (Å²) < 4.78 is 47.6. The standard InChI is InChI=1S/C31H34F3N5O3/c1-5-42-30(41)25-17-38(36-28(25)39(19(2)3)29(40)22-8-6-20(4)7-9-22)24-13-10-21(11-14-24)26-18-37-16-23(31(32,33)34)12-15-27(37)35-26/h10-20,22H,5-9H2,1-4H3/t20-,22-. The number of nitrogens with zero attached hydrogens (tertiary/aromatic N) is 5. The number of aromatic nitrogens is 4. The smallest absolute Gasteiger partial charge is 0.417 e. The summed E-state index contributed by atoms with van der Waals surface area (Å²) in [6.45, 7) is 7.90. The van der Waals surface area contributed by atoms with E-state index in [1.54, 1.807) is 48.5 Å². The third-order valence-corrected chi connectivity index (χ3v) is 7.74. The van der Waals surface area contributed by atoms with Crippen LogP contribution in [0.25, 0.3) is 22.6 Å². The molecule has 5 rings (SSSR count). The quantitative estimate of drug-likeness (QED) is 0.221. The zero-order valence-electron chi connectivity index (χ0n) is 24.1. The van der Waals surface area contributed by atoms with Crippen molar-refractivity contribution in [3.63, 3.8) is 0 Å². The van der Waals surface area contributed by atoms with Crippen LogP contribution in [0.3, 0.4) is 0 Å². The fourth-order valence-electron chi connectivity index (χ4n) is 5.42. The summed E-state index contributed by atoms with van der Waals surface area (Å²) in [6, 6.07) is 9.21. The Morgan fingerprint density at radius 2 is 1.71 bits per heavy atom. The summed E-state index contributed by atoms with van der Waals surface area (Å²) in [5.41, 5.74) is 1.67. The largest absolute Gasteiger partial charge is 0.462 e. The van der Waals surface area contributed by atoms with E-state index in [1.807, 2.05) is 13.8 Å². The van der Waals surface area contributed by atoms with Gasteiger partial charge in [0.2, 0.25) is 5.91 Å². The molecule has 0 spiro atoms. The summed E-state index contributed by atoms with van der Waals surface area (Å²) in [5.74, 6) is 0.131. The molecule has 3 aromatic heterocycles. The number of ether oxygens (including phenoxy) is 1. The van der Waals surface area contributed by atoms with Gasteiger partial charge in [0.1, 0.15) is 11.2 Å². The number of carbonyl (C=O) groups is 2. The maximum absolute atomic E-state index is 13.7. The zero-order chi connectivity index (χ0) is 30.2. The van der Waals surface area contributed by atoms with Crippen LogP contribution in [-0.2, 0) is 15.7 Å². The van der Waals surface area contributed by atoms with Gasteiger partial charge < -0.3 is 9.14 Å². The van der Waals surface area contributed by atoms with Crippen LogP contribution in [0.5, 0.6) is 0 Å².